The van der Waals surface area contributed by atoms with Crippen LogP contribution in [0.25, 0.3) is 5.76 Å². The molecule has 6 nitrogen and oxygen atoms in total. The quantitative estimate of drug-likeness (QED) is 0.241. The Hall–Kier alpha value is -3.84. The van der Waals surface area contributed by atoms with Crippen molar-refractivity contribution < 1.29 is 28.6 Å². The van der Waals surface area contributed by atoms with E-state index in [4.69, 9.17) is 21.1 Å². The van der Waals surface area contributed by atoms with Crippen LogP contribution in [0.5, 0.6) is 11.5 Å². The number of aliphatic hydroxyl groups is 1. The van der Waals surface area contributed by atoms with Gasteiger partial charge in [-0.25, -0.2) is 4.39 Å². The lowest BCUT2D eigenvalue weighted by molar-refractivity contribution is -0.132. The Balaban J connectivity index is 1.97. The lowest BCUT2D eigenvalue weighted by Gasteiger charge is -2.26. The number of benzene rings is 3. The highest BCUT2D eigenvalue weighted by Gasteiger charge is 2.47. The first kappa shape index (κ1) is 25.3. The van der Waals surface area contributed by atoms with Crippen LogP contribution in [0.1, 0.15) is 42.5 Å². The molecule has 1 atom stereocenters. The largest absolute Gasteiger partial charge is 0.507 e. The van der Waals surface area contributed by atoms with Crippen LogP contribution in [0.3, 0.4) is 0 Å². The van der Waals surface area contributed by atoms with E-state index in [1.54, 1.807) is 49.6 Å². The van der Waals surface area contributed by atoms with Gasteiger partial charge in [-0.2, -0.15) is 0 Å². The maximum atomic E-state index is 13.9. The molecule has 0 aromatic heterocycles. The minimum absolute atomic E-state index is 0.0747. The molecule has 1 fully saturated rings. The van der Waals surface area contributed by atoms with Crippen molar-refractivity contribution in [1.82, 2.24) is 0 Å². The van der Waals surface area contributed by atoms with Crippen LogP contribution in [-0.2, 0) is 9.59 Å². The third-order valence-corrected chi connectivity index (χ3v) is 6.45. The molecule has 0 bridgehead atoms. The zero-order valence-corrected chi connectivity index (χ0v) is 21.0. The fraction of sp³-hybridized carbons (Fsp3) is 0.214. The molecule has 3 aromatic rings. The summed E-state index contributed by atoms with van der Waals surface area (Å²) in [5, 5.41) is 11.2. The number of Topliss-reactive ketones (excluding diaryl/α,β-unsaturated/α-hetero) is 1. The molecular weight excluding hydrogens is 485 g/mol. The first-order valence-electron chi connectivity index (χ1n) is 11.3. The molecule has 1 saturated heterocycles. The molecule has 1 heterocycles. The Morgan fingerprint density at radius 1 is 1.03 bits per heavy atom. The van der Waals surface area contributed by atoms with Crippen molar-refractivity contribution in [3.8, 4) is 11.5 Å². The smallest absolute Gasteiger partial charge is 0.300 e. The van der Waals surface area contributed by atoms with Crippen molar-refractivity contribution in [2.24, 2.45) is 0 Å². The average Bonchev–Trinajstić information content (AvgIpc) is 3.15. The molecule has 1 unspecified atom stereocenters. The SMILES string of the molecule is COc1cccc(C2/C(=C(/O)c3ccc(OC)c(C(C)C)c3)C(=O)C(=O)N2c2ccc(F)c(Cl)c2)c1. The van der Waals surface area contributed by atoms with Crippen LogP contribution >= 0.6 is 11.6 Å². The number of nitrogens with zero attached hydrogens (tertiary/aromatic N) is 1. The summed E-state index contributed by atoms with van der Waals surface area (Å²) in [5.74, 6) is -1.51. The van der Waals surface area contributed by atoms with Crippen LogP contribution in [-0.4, -0.2) is 31.0 Å². The Kier molecular flexibility index (Phi) is 7.04. The van der Waals surface area contributed by atoms with Gasteiger partial charge >= 0.3 is 0 Å². The summed E-state index contributed by atoms with van der Waals surface area (Å²) < 4.78 is 24.7. The van der Waals surface area contributed by atoms with Crippen LogP contribution < -0.4 is 14.4 Å². The van der Waals surface area contributed by atoms with Crippen molar-refractivity contribution in [2.75, 3.05) is 19.1 Å². The van der Waals surface area contributed by atoms with Crippen molar-refractivity contribution in [3.63, 3.8) is 0 Å². The van der Waals surface area contributed by atoms with E-state index >= 15 is 0 Å². The topological polar surface area (TPSA) is 76.1 Å². The van der Waals surface area contributed by atoms with Gasteiger partial charge in [-0.15, -0.1) is 0 Å². The summed E-state index contributed by atoms with van der Waals surface area (Å²) in [6.45, 7) is 3.96. The predicted molar refractivity (Wildman–Crippen MR) is 136 cm³/mol. The standard InChI is InChI=1S/C28H25ClFNO5/c1-15(2)20-13-17(8-11-23(20)36-4)26(32)24-25(16-6-5-7-19(12-16)35-3)31(28(34)27(24)33)18-9-10-22(30)21(29)14-18/h5-15,25,32H,1-4H3/b26-24-. The summed E-state index contributed by atoms with van der Waals surface area (Å²) in [5.41, 5.74) is 1.83. The van der Waals surface area contributed by atoms with Gasteiger partial charge in [0.05, 0.1) is 30.9 Å². The van der Waals surface area contributed by atoms with E-state index in [2.05, 4.69) is 0 Å². The Bertz CT molecular complexity index is 1380. The summed E-state index contributed by atoms with van der Waals surface area (Å²) in [4.78, 5) is 27.9. The Labute approximate surface area is 213 Å². The van der Waals surface area contributed by atoms with E-state index in [0.717, 1.165) is 11.6 Å². The fourth-order valence-electron chi connectivity index (χ4n) is 4.35. The average molecular weight is 510 g/mol. The van der Waals surface area contributed by atoms with Gasteiger partial charge in [0.2, 0.25) is 0 Å². The Morgan fingerprint density at radius 2 is 1.78 bits per heavy atom. The number of hydrogen-bond donors (Lipinski definition) is 1. The molecule has 4 rings (SSSR count). The van der Waals surface area contributed by atoms with Gasteiger partial charge in [0.15, 0.2) is 0 Å². The molecule has 8 heteroatoms. The second-order valence-corrected chi connectivity index (χ2v) is 9.06. The van der Waals surface area contributed by atoms with E-state index in [1.807, 2.05) is 13.8 Å². The lowest BCUT2D eigenvalue weighted by Crippen LogP contribution is -2.29. The third kappa shape index (κ3) is 4.42. The molecule has 0 saturated carbocycles. The number of hydrogen-bond acceptors (Lipinski definition) is 5. The van der Waals surface area contributed by atoms with Gasteiger partial charge in [-0.05, 0) is 65.6 Å². The van der Waals surface area contributed by atoms with Gasteiger partial charge in [0.25, 0.3) is 11.7 Å². The minimum atomic E-state index is -1.01. The maximum Gasteiger partial charge on any atom is 0.300 e. The molecule has 36 heavy (non-hydrogen) atoms. The van der Waals surface area contributed by atoms with Crippen molar-refractivity contribution in [1.29, 1.82) is 0 Å². The maximum absolute atomic E-state index is 13.9. The number of anilines is 1. The number of ketones is 1. The number of carbonyl (C=O) groups excluding carboxylic acids is 2. The number of halogens is 2. The highest BCUT2D eigenvalue weighted by molar-refractivity contribution is 6.51. The van der Waals surface area contributed by atoms with E-state index < -0.39 is 23.5 Å². The van der Waals surface area contributed by atoms with Gasteiger partial charge < -0.3 is 14.6 Å². The second-order valence-electron chi connectivity index (χ2n) is 8.66. The van der Waals surface area contributed by atoms with Gasteiger partial charge in [-0.3, -0.25) is 14.5 Å². The normalized spacial score (nSPS) is 17.1. The van der Waals surface area contributed by atoms with Gasteiger partial charge in [0, 0.05) is 11.3 Å². The van der Waals surface area contributed by atoms with Gasteiger partial charge in [0.1, 0.15) is 23.1 Å². The summed E-state index contributed by atoms with van der Waals surface area (Å²) >= 11 is 6.00. The molecule has 0 aliphatic carbocycles. The monoisotopic (exact) mass is 509 g/mol. The van der Waals surface area contributed by atoms with Crippen LogP contribution in [0.15, 0.2) is 66.2 Å². The molecular formula is C28H25ClFNO5. The van der Waals surface area contributed by atoms with E-state index in [1.165, 1.54) is 24.1 Å². The third-order valence-electron chi connectivity index (χ3n) is 6.16. The summed E-state index contributed by atoms with van der Waals surface area (Å²) in [6.07, 6.45) is 0. The van der Waals surface area contributed by atoms with Gasteiger partial charge in [-0.1, -0.05) is 37.6 Å². The molecule has 0 radical (unpaired) electrons. The van der Waals surface area contributed by atoms with Crippen molar-refractivity contribution in [3.05, 3.63) is 93.8 Å². The van der Waals surface area contributed by atoms with Crippen molar-refractivity contribution >= 4 is 34.7 Å². The molecule has 186 valence electrons. The van der Waals surface area contributed by atoms with Crippen LogP contribution in [0.4, 0.5) is 10.1 Å². The molecule has 0 spiro atoms. The predicted octanol–water partition coefficient (Wildman–Crippen LogP) is 6.25. The molecule has 1 N–H and O–H groups in total. The summed E-state index contributed by atoms with van der Waals surface area (Å²) in [6, 6.07) is 14.7. The van der Waals surface area contributed by atoms with E-state index in [9.17, 15) is 19.1 Å². The number of ether oxygens (including phenoxy) is 2. The number of methoxy groups -OCH3 is 2. The van der Waals surface area contributed by atoms with Crippen LogP contribution in [0.2, 0.25) is 5.02 Å². The second kappa shape index (κ2) is 10.0. The molecule has 1 aliphatic heterocycles. The van der Waals surface area contributed by atoms with Crippen molar-refractivity contribution in [2.45, 2.75) is 25.8 Å². The molecule has 1 aliphatic rings. The zero-order valence-electron chi connectivity index (χ0n) is 20.2. The number of rotatable bonds is 6. The van der Waals surface area contributed by atoms with E-state index in [0.29, 0.717) is 22.6 Å². The van der Waals surface area contributed by atoms with Crippen LogP contribution in [0, 0.1) is 5.82 Å². The first-order valence-corrected chi connectivity index (χ1v) is 11.6. The highest BCUT2D eigenvalue weighted by Crippen LogP contribution is 2.44. The fourth-order valence-corrected chi connectivity index (χ4v) is 4.52. The number of amides is 1. The summed E-state index contributed by atoms with van der Waals surface area (Å²) in [7, 11) is 3.06. The minimum Gasteiger partial charge on any atom is -0.507 e. The number of carbonyl (C=O) groups is 2. The molecule has 1 amide bonds. The first-order chi connectivity index (χ1) is 17.2. The molecule has 3 aromatic carbocycles. The Morgan fingerprint density at radius 3 is 2.42 bits per heavy atom. The zero-order chi connectivity index (χ0) is 26.1. The van der Waals surface area contributed by atoms with E-state index in [-0.39, 0.29) is 28.0 Å². The highest BCUT2D eigenvalue weighted by atomic mass is 35.5. The number of aliphatic hydroxyl groups excluding tert-OH is 1. The lowest BCUT2D eigenvalue weighted by atomic mass is 9.93.